The first-order valence-electron chi connectivity index (χ1n) is 9.27. The number of halogens is 1. The average molecular weight is 434 g/mol. The zero-order valence-corrected chi connectivity index (χ0v) is 17.1. The molecule has 152 valence electrons. The van der Waals surface area contributed by atoms with Gasteiger partial charge in [-0.05, 0) is 36.4 Å². The van der Waals surface area contributed by atoms with Gasteiger partial charge >= 0.3 is 6.03 Å². The third-order valence-corrected chi connectivity index (χ3v) is 7.23. The molecule has 2 aromatic rings. The number of anilines is 1. The predicted octanol–water partition coefficient (Wildman–Crippen LogP) is 2.27. The Morgan fingerprint density at radius 3 is 2.34 bits per heavy atom. The Bertz CT molecular complexity index is 1030. The molecule has 29 heavy (non-hydrogen) atoms. The van der Waals surface area contributed by atoms with Gasteiger partial charge in [0.25, 0.3) is 5.91 Å². The summed E-state index contributed by atoms with van der Waals surface area (Å²) in [6.45, 7) is 1.53. The number of nitrogens with zero attached hydrogens (tertiary/aromatic N) is 3. The first-order chi connectivity index (χ1) is 13.9. The van der Waals surface area contributed by atoms with Crippen LogP contribution in [0.1, 0.15) is 0 Å². The van der Waals surface area contributed by atoms with Crippen LogP contribution in [0.5, 0.6) is 0 Å². The molecule has 0 saturated carbocycles. The number of imide groups is 1. The standard InChI is InChI=1S/C20H20ClN3O4S/c21-15-6-8-16(9-7-15)24-19(25)18-14-22(10-11-23(18)20(24)26)12-13-29(27,28)17-4-2-1-3-5-17/h1-9,18H,10-14H2. The van der Waals surface area contributed by atoms with Crippen LogP contribution in [0.15, 0.2) is 59.5 Å². The van der Waals surface area contributed by atoms with Crippen LogP contribution in [0, 0.1) is 0 Å². The van der Waals surface area contributed by atoms with Gasteiger partial charge in [0.1, 0.15) is 6.04 Å². The van der Waals surface area contributed by atoms with Gasteiger partial charge in [-0.25, -0.2) is 18.1 Å². The molecule has 0 aromatic heterocycles. The number of sulfone groups is 1. The van der Waals surface area contributed by atoms with E-state index in [1.165, 1.54) is 4.90 Å². The first kappa shape index (κ1) is 19.9. The SMILES string of the molecule is O=C1C2CN(CCS(=O)(=O)c3ccccc3)CCN2C(=O)N1c1ccc(Cl)cc1. The first-order valence-corrected chi connectivity index (χ1v) is 11.3. The Hall–Kier alpha value is -2.42. The summed E-state index contributed by atoms with van der Waals surface area (Å²) in [4.78, 5) is 30.6. The maximum Gasteiger partial charge on any atom is 0.332 e. The van der Waals surface area contributed by atoms with Crippen molar-refractivity contribution in [3.05, 3.63) is 59.6 Å². The molecule has 4 rings (SSSR count). The summed E-state index contributed by atoms with van der Waals surface area (Å²) < 4.78 is 25.0. The van der Waals surface area contributed by atoms with Crippen LogP contribution in [0.3, 0.4) is 0 Å². The normalized spacial score (nSPS) is 20.2. The molecule has 2 aliphatic heterocycles. The molecule has 1 atom stereocenters. The lowest BCUT2D eigenvalue weighted by molar-refractivity contribution is -0.121. The average Bonchev–Trinajstić information content (AvgIpc) is 2.98. The highest BCUT2D eigenvalue weighted by Gasteiger charge is 2.48. The number of hydrogen-bond donors (Lipinski definition) is 0. The van der Waals surface area contributed by atoms with E-state index in [9.17, 15) is 18.0 Å². The van der Waals surface area contributed by atoms with Crippen LogP contribution in [0.4, 0.5) is 10.5 Å². The monoisotopic (exact) mass is 433 g/mol. The van der Waals surface area contributed by atoms with E-state index in [0.29, 0.717) is 41.8 Å². The maximum absolute atomic E-state index is 12.9. The van der Waals surface area contributed by atoms with Gasteiger partial charge in [0.2, 0.25) is 0 Å². The Labute approximate surface area is 174 Å². The van der Waals surface area contributed by atoms with E-state index < -0.39 is 15.9 Å². The number of rotatable bonds is 5. The molecule has 0 spiro atoms. The number of benzene rings is 2. The molecule has 2 fully saturated rings. The number of carbonyl (C=O) groups excluding carboxylic acids is 2. The molecule has 0 bridgehead atoms. The lowest BCUT2D eigenvalue weighted by atomic mass is 10.2. The fourth-order valence-electron chi connectivity index (χ4n) is 3.68. The van der Waals surface area contributed by atoms with Crippen molar-refractivity contribution in [2.75, 3.05) is 36.8 Å². The zero-order chi connectivity index (χ0) is 20.6. The van der Waals surface area contributed by atoms with E-state index >= 15 is 0 Å². The molecule has 1 unspecified atom stereocenters. The summed E-state index contributed by atoms with van der Waals surface area (Å²) in [5, 5.41) is 0.524. The van der Waals surface area contributed by atoms with E-state index in [0.717, 1.165) is 0 Å². The van der Waals surface area contributed by atoms with Crippen molar-refractivity contribution in [2.45, 2.75) is 10.9 Å². The Kier molecular flexibility index (Phi) is 5.33. The largest absolute Gasteiger partial charge is 0.332 e. The van der Waals surface area contributed by atoms with E-state index in [2.05, 4.69) is 0 Å². The summed E-state index contributed by atoms with van der Waals surface area (Å²) in [5.74, 6) is -0.333. The van der Waals surface area contributed by atoms with Gasteiger partial charge in [0.15, 0.2) is 9.84 Å². The summed E-state index contributed by atoms with van der Waals surface area (Å²) >= 11 is 5.89. The van der Waals surface area contributed by atoms with Crippen molar-refractivity contribution in [3.8, 4) is 0 Å². The smallest absolute Gasteiger partial charge is 0.309 e. The summed E-state index contributed by atoms with van der Waals surface area (Å²) in [6.07, 6.45) is 0. The van der Waals surface area contributed by atoms with Gasteiger partial charge in [-0.2, -0.15) is 0 Å². The van der Waals surface area contributed by atoms with Crippen molar-refractivity contribution in [3.63, 3.8) is 0 Å². The van der Waals surface area contributed by atoms with E-state index in [4.69, 9.17) is 11.6 Å². The number of urea groups is 1. The van der Waals surface area contributed by atoms with Crippen LogP contribution in [0.25, 0.3) is 0 Å². The number of piperazine rings is 1. The summed E-state index contributed by atoms with van der Waals surface area (Å²) in [6, 6.07) is 13.9. The van der Waals surface area contributed by atoms with Crippen molar-refractivity contribution in [1.82, 2.24) is 9.80 Å². The maximum atomic E-state index is 12.9. The molecule has 7 nitrogen and oxygen atoms in total. The number of amides is 3. The van der Waals surface area contributed by atoms with Crippen molar-refractivity contribution < 1.29 is 18.0 Å². The Morgan fingerprint density at radius 1 is 0.966 bits per heavy atom. The summed E-state index contributed by atoms with van der Waals surface area (Å²) in [5.41, 5.74) is 0.483. The molecule has 2 aromatic carbocycles. The van der Waals surface area contributed by atoms with Crippen molar-refractivity contribution >= 4 is 39.1 Å². The van der Waals surface area contributed by atoms with Crippen LogP contribution in [-0.2, 0) is 14.6 Å². The number of carbonyl (C=O) groups is 2. The fraction of sp³-hybridized carbons (Fsp3) is 0.300. The Balaban J connectivity index is 1.44. The van der Waals surface area contributed by atoms with Gasteiger partial charge in [0.05, 0.1) is 16.3 Å². The minimum atomic E-state index is -3.39. The minimum absolute atomic E-state index is 0.0350. The van der Waals surface area contributed by atoms with Gasteiger partial charge < -0.3 is 4.90 Å². The minimum Gasteiger partial charge on any atom is -0.309 e. The molecule has 2 heterocycles. The van der Waals surface area contributed by atoms with Crippen LogP contribution >= 0.6 is 11.6 Å². The molecule has 3 amide bonds. The highest BCUT2D eigenvalue weighted by Crippen LogP contribution is 2.28. The molecule has 0 aliphatic carbocycles. The second kappa shape index (κ2) is 7.78. The Morgan fingerprint density at radius 2 is 1.66 bits per heavy atom. The highest BCUT2D eigenvalue weighted by atomic mass is 35.5. The molecule has 0 radical (unpaired) electrons. The number of hydrogen-bond acceptors (Lipinski definition) is 5. The molecular weight excluding hydrogens is 414 g/mol. The zero-order valence-electron chi connectivity index (χ0n) is 15.6. The molecular formula is C20H20ClN3O4S. The van der Waals surface area contributed by atoms with Crippen molar-refractivity contribution in [1.29, 1.82) is 0 Å². The van der Waals surface area contributed by atoms with Gasteiger partial charge in [-0.15, -0.1) is 0 Å². The fourth-order valence-corrected chi connectivity index (χ4v) is 5.11. The number of fused-ring (bicyclic) bond motifs is 1. The third-order valence-electron chi connectivity index (χ3n) is 5.27. The van der Waals surface area contributed by atoms with E-state index in [1.54, 1.807) is 59.5 Å². The third kappa shape index (κ3) is 3.88. The van der Waals surface area contributed by atoms with Crippen molar-refractivity contribution in [2.24, 2.45) is 0 Å². The molecule has 0 N–H and O–H groups in total. The lowest BCUT2D eigenvalue weighted by Crippen LogP contribution is -2.53. The molecule has 9 heteroatoms. The van der Waals surface area contributed by atoms with Crippen LogP contribution < -0.4 is 4.90 Å². The molecule has 2 aliphatic rings. The van der Waals surface area contributed by atoms with Crippen LogP contribution in [0.2, 0.25) is 5.02 Å². The highest BCUT2D eigenvalue weighted by molar-refractivity contribution is 7.91. The van der Waals surface area contributed by atoms with E-state index in [1.807, 2.05) is 4.90 Å². The van der Waals surface area contributed by atoms with Crippen LogP contribution in [-0.4, -0.2) is 68.1 Å². The topological polar surface area (TPSA) is 78.0 Å². The van der Waals surface area contributed by atoms with E-state index in [-0.39, 0.29) is 17.7 Å². The summed E-state index contributed by atoms with van der Waals surface area (Å²) in [7, 11) is -3.39. The van der Waals surface area contributed by atoms with Gasteiger partial charge in [-0.1, -0.05) is 29.8 Å². The second-order valence-corrected chi connectivity index (χ2v) is 9.62. The molecule has 2 saturated heterocycles. The lowest BCUT2D eigenvalue weighted by Gasteiger charge is -2.35. The second-order valence-electron chi connectivity index (χ2n) is 7.07. The van der Waals surface area contributed by atoms with Gasteiger partial charge in [-0.3, -0.25) is 9.69 Å². The van der Waals surface area contributed by atoms with Gasteiger partial charge in [0, 0.05) is 31.2 Å². The quantitative estimate of drug-likeness (QED) is 0.676. The predicted molar refractivity (Wildman–Crippen MR) is 110 cm³/mol.